The number of rotatable bonds is 4. The molecule has 0 bridgehead atoms. The van der Waals surface area contributed by atoms with Crippen LogP contribution in [-0.4, -0.2) is 29.0 Å². The number of carbonyl (C=O) groups excluding carboxylic acids is 2. The smallest absolute Gasteiger partial charge is 0.300 e. The van der Waals surface area contributed by atoms with E-state index in [1.54, 1.807) is 37.4 Å². The SMILES string of the molecule is COc1ccc(/C(O)=C2/C(=O)C(=O)N(c3ccc(C)c(C)c3)C2c2ccc(O)c(Cl)c2)cc1C(C)(C)C. The Hall–Kier alpha value is -3.77. The fourth-order valence-corrected chi connectivity index (χ4v) is 4.77. The molecule has 0 radical (unpaired) electrons. The van der Waals surface area contributed by atoms with Crippen molar-refractivity contribution in [1.82, 2.24) is 0 Å². The molecular weight excluding hydrogens is 490 g/mol. The van der Waals surface area contributed by atoms with Gasteiger partial charge >= 0.3 is 0 Å². The molecule has 1 aliphatic heterocycles. The molecule has 3 aromatic carbocycles. The molecule has 192 valence electrons. The number of aliphatic hydroxyl groups is 1. The largest absolute Gasteiger partial charge is 0.507 e. The minimum Gasteiger partial charge on any atom is -0.507 e. The lowest BCUT2D eigenvalue weighted by atomic mass is 9.84. The predicted molar refractivity (Wildman–Crippen MR) is 146 cm³/mol. The second-order valence-electron chi connectivity index (χ2n) is 10.3. The molecule has 7 heteroatoms. The number of amides is 1. The minimum absolute atomic E-state index is 0.0602. The Morgan fingerprint density at radius 2 is 1.68 bits per heavy atom. The van der Waals surface area contributed by atoms with Gasteiger partial charge in [0, 0.05) is 16.8 Å². The number of benzene rings is 3. The molecule has 2 N–H and O–H groups in total. The van der Waals surface area contributed by atoms with Gasteiger partial charge in [0.2, 0.25) is 0 Å². The van der Waals surface area contributed by atoms with E-state index in [1.807, 2.05) is 46.8 Å². The molecular formula is C30H30ClNO5. The molecule has 0 spiro atoms. The number of phenols is 1. The molecule has 6 nitrogen and oxygen atoms in total. The van der Waals surface area contributed by atoms with Crippen molar-refractivity contribution in [3.8, 4) is 11.5 Å². The van der Waals surface area contributed by atoms with Gasteiger partial charge in [-0.25, -0.2) is 0 Å². The summed E-state index contributed by atoms with van der Waals surface area (Å²) in [6.07, 6.45) is 0. The van der Waals surface area contributed by atoms with Gasteiger partial charge in [0.1, 0.15) is 17.3 Å². The lowest BCUT2D eigenvalue weighted by Crippen LogP contribution is -2.29. The van der Waals surface area contributed by atoms with Crippen molar-refractivity contribution in [3.05, 3.63) is 93.0 Å². The molecule has 3 aromatic rings. The van der Waals surface area contributed by atoms with Gasteiger partial charge in [-0.3, -0.25) is 14.5 Å². The molecule has 4 rings (SSSR count). The molecule has 1 atom stereocenters. The highest BCUT2D eigenvalue weighted by atomic mass is 35.5. The lowest BCUT2D eigenvalue weighted by molar-refractivity contribution is -0.132. The molecule has 1 saturated heterocycles. The molecule has 0 aromatic heterocycles. The summed E-state index contributed by atoms with van der Waals surface area (Å²) in [6.45, 7) is 9.94. The number of aliphatic hydroxyl groups excluding tert-OH is 1. The van der Waals surface area contributed by atoms with Crippen LogP contribution in [-0.2, 0) is 15.0 Å². The van der Waals surface area contributed by atoms with E-state index in [0.717, 1.165) is 16.7 Å². The van der Waals surface area contributed by atoms with Crippen molar-refractivity contribution in [2.24, 2.45) is 0 Å². The Morgan fingerprint density at radius 3 is 2.27 bits per heavy atom. The monoisotopic (exact) mass is 519 g/mol. The van der Waals surface area contributed by atoms with Crippen LogP contribution in [0.25, 0.3) is 5.76 Å². The molecule has 37 heavy (non-hydrogen) atoms. The van der Waals surface area contributed by atoms with E-state index in [-0.39, 0.29) is 27.5 Å². The average molecular weight is 520 g/mol. The van der Waals surface area contributed by atoms with Crippen LogP contribution in [0.15, 0.2) is 60.2 Å². The number of ether oxygens (including phenoxy) is 1. The molecule has 1 aliphatic rings. The van der Waals surface area contributed by atoms with E-state index in [9.17, 15) is 19.8 Å². The maximum Gasteiger partial charge on any atom is 0.300 e. The van der Waals surface area contributed by atoms with Crippen molar-refractivity contribution in [3.63, 3.8) is 0 Å². The van der Waals surface area contributed by atoms with Crippen molar-refractivity contribution in [1.29, 1.82) is 0 Å². The lowest BCUT2D eigenvalue weighted by Gasteiger charge is -2.26. The summed E-state index contributed by atoms with van der Waals surface area (Å²) in [7, 11) is 1.58. The maximum absolute atomic E-state index is 13.5. The maximum atomic E-state index is 13.5. The van der Waals surface area contributed by atoms with Gasteiger partial charge < -0.3 is 14.9 Å². The number of methoxy groups -OCH3 is 1. The molecule has 1 amide bonds. The third kappa shape index (κ3) is 4.69. The van der Waals surface area contributed by atoms with Gasteiger partial charge in [0.05, 0.1) is 23.7 Å². The van der Waals surface area contributed by atoms with Crippen LogP contribution in [0.5, 0.6) is 11.5 Å². The Morgan fingerprint density at radius 1 is 0.973 bits per heavy atom. The number of halogens is 1. The van der Waals surface area contributed by atoms with Crippen LogP contribution in [0.2, 0.25) is 5.02 Å². The number of nitrogens with zero attached hydrogens (tertiary/aromatic N) is 1. The third-order valence-electron chi connectivity index (χ3n) is 6.78. The number of ketones is 1. The van der Waals surface area contributed by atoms with Crippen LogP contribution in [0, 0.1) is 13.8 Å². The number of phenolic OH excluding ortho intramolecular Hbond substituents is 1. The number of Topliss-reactive ketones (excluding diaryl/α,β-unsaturated/α-hetero) is 1. The highest BCUT2D eigenvalue weighted by Gasteiger charge is 2.47. The van der Waals surface area contributed by atoms with E-state index in [1.165, 1.54) is 17.0 Å². The second-order valence-corrected chi connectivity index (χ2v) is 10.7. The number of aryl methyl sites for hydroxylation is 2. The van der Waals surface area contributed by atoms with Crippen LogP contribution < -0.4 is 9.64 Å². The highest BCUT2D eigenvalue weighted by Crippen LogP contribution is 2.44. The number of hydrogen-bond donors (Lipinski definition) is 2. The Balaban J connectivity index is 1.99. The van der Waals surface area contributed by atoms with Gasteiger partial charge in [-0.15, -0.1) is 0 Å². The Labute approximate surface area is 221 Å². The van der Waals surface area contributed by atoms with Crippen LogP contribution in [0.4, 0.5) is 5.69 Å². The molecule has 1 heterocycles. The number of carbonyl (C=O) groups is 2. The van der Waals surface area contributed by atoms with Crippen molar-refractivity contribution < 1.29 is 24.5 Å². The summed E-state index contributed by atoms with van der Waals surface area (Å²) in [5.41, 5.74) is 3.84. The fraction of sp³-hybridized carbons (Fsp3) is 0.267. The summed E-state index contributed by atoms with van der Waals surface area (Å²) in [6, 6.07) is 14.2. The summed E-state index contributed by atoms with van der Waals surface area (Å²) in [4.78, 5) is 28.3. The zero-order chi connectivity index (χ0) is 27.2. The van der Waals surface area contributed by atoms with Gasteiger partial charge in [-0.05, 0) is 78.4 Å². The summed E-state index contributed by atoms with van der Waals surface area (Å²) in [5.74, 6) is -1.34. The molecule has 0 aliphatic carbocycles. The normalized spacial score (nSPS) is 17.4. The van der Waals surface area contributed by atoms with E-state index in [2.05, 4.69) is 0 Å². The first kappa shape index (κ1) is 26.3. The summed E-state index contributed by atoms with van der Waals surface area (Å²) < 4.78 is 5.52. The van der Waals surface area contributed by atoms with E-state index in [0.29, 0.717) is 22.6 Å². The second kappa shape index (κ2) is 9.60. The van der Waals surface area contributed by atoms with Crippen LogP contribution in [0.3, 0.4) is 0 Å². The standard InChI is InChI=1S/C30H30ClNO5/c1-16-7-10-20(13-17(16)2)32-26(18-8-11-23(33)22(31)15-18)25(28(35)29(32)36)27(34)19-9-12-24(37-6)21(14-19)30(3,4)5/h7-15,26,33-34H,1-6H3/b27-25-. The number of hydrogen-bond acceptors (Lipinski definition) is 5. The Bertz CT molecular complexity index is 1450. The van der Waals surface area contributed by atoms with Gasteiger partial charge in [-0.2, -0.15) is 0 Å². The number of anilines is 1. The van der Waals surface area contributed by atoms with Gasteiger partial charge in [-0.1, -0.05) is 44.5 Å². The number of aromatic hydroxyl groups is 1. The highest BCUT2D eigenvalue weighted by molar-refractivity contribution is 6.51. The van der Waals surface area contributed by atoms with Crippen LogP contribution >= 0.6 is 11.6 Å². The average Bonchev–Trinajstić information content (AvgIpc) is 3.11. The molecule has 0 saturated carbocycles. The van der Waals surface area contributed by atoms with Crippen molar-refractivity contribution >= 4 is 34.7 Å². The van der Waals surface area contributed by atoms with E-state index >= 15 is 0 Å². The van der Waals surface area contributed by atoms with Crippen molar-refractivity contribution in [2.45, 2.75) is 46.1 Å². The topological polar surface area (TPSA) is 87.1 Å². The zero-order valence-corrected chi connectivity index (χ0v) is 22.5. The first-order valence-electron chi connectivity index (χ1n) is 11.9. The molecule has 1 unspecified atom stereocenters. The van der Waals surface area contributed by atoms with E-state index in [4.69, 9.17) is 16.3 Å². The van der Waals surface area contributed by atoms with E-state index < -0.39 is 17.7 Å². The summed E-state index contributed by atoms with van der Waals surface area (Å²) in [5, 5.41) is 21.6. The first-order chi connectivity index (χ1) is 17.3. The Kier molecular flexibility index (Phi) is 6.82. The van der Waals surface area contributed by atoms with Crippen LogP contribution in [0.1, 0.15) is 54.6 Å². The van der Waals surface area contributed by atoms with Gasteiger partial charge in [0.15, 0.2) is 0 Å². The summed E-state index contributed by atoms with van der Waals surface area (Å²) >= 11 is 6.22. The quantitative estimate of drug-likeness (QED) is 0.230. The third-order valence-corrected chi connectivity index (χ3v) is 7.08. The minimum atomic E-state index is -0.958. The fourth-order valence-electron chi connectivity index (χ4n) is 4.58. The van der Waals surface area contributed by atoms with Crippen molar-refractivity contribution in [2.75, 3.05) is 12.0 Å². The first-order valence-corrected chi connectivity index (χ1v) is 12.3. The molecule has 1 fully saturated rings. The zero-order valence-electron chi connectivity index (χ0n) is 21.7. The predicted octanol–water partition coefficient (Wildman–Crippen LogP) is 6.59. The van der Waals surface area contributed by atoms with Gasteiger partial charge in [0.25, 0.3) is 11.7 Å².